The van der Waals surface area contributed by atoms with Gasteiger partial charge in [0.15, 0.2) is 0 Å². The van der Waals surface area contributed by atoms with Gasteiger partial charge in [-0.05, 0) is 30.5 Å². The highest BCUT2D eigenvalue weighted by Crippen LogP contribution is 2.13. The SMILES string of the molecule is CCCCCCCCCCCC(=O)N(CCOC)CC(=O)N(CCc1ccccc1)Cc1ccco1. The number of amides is 2. The van der Waals surface area contributed by atoms with Crippen LogP contribution in [0.25, 0.3) is 0 Å². The van der Waals surface area contributed by atoms with E-state index in [9.17, 15) is 9.59 Å². The average molecular weight is 499 g/mol. The van der Waals surface area contributed by atoms with E-state index < -0.39 is 0 Å². The first-order valence-corrected chi connectivity index (χ1v) is 13.7. The predicted molar refractivity (Wildman–Crippen MR) is 145 cm³/mol. The maximum atomic E-state index is 13.3. The van der Waals surface area contributed by atoms with E-state index in [2.05, 4.69) is 19.1 Å². The van der Waals surface area contributed by atoms with Crippen molar-refractivity contribution in [3.8, 4) is 0 Å². The van der Waals surface area contributed by atoms with E-state index in [4.69, 9.17) is 9.15 Å². The lowest BCUT2D eigenvalue weighted by atomic mass is 10.1. The lowest BCUT2D eigenvalue weighted by Crippen LogP contribution is -2.44. The number of ether oxygens (including phenoxy) is 1. The van der Waals surface area contributed by atoms with Crippen LogP contribution in [0.4, 0.5) is 0 Å². The molecule has 0 bridgehead atoms. The molecular weight excluding hydrogens is 452 g/mol. The minimum absolute atomic E-state index is 0.0318. The Labute approximate surface area is 218 Å². The van der Waals surface area contributed by atoms with Gasteiger partial charge in [-0.3, -0.25) is 9.59 Å². The van der Waals surface area contributed by atoms with Crippen LogP contribution in [-0.4, -0.2) is 55.0 Å². The number of unbranched alkanes of at least 4 members (excludes halogenated alkanes) is 8. The van der Waals surface area contributed by atoms with Gasteiger partial charge >= 0.3 is 0 Å². The van der Waals surface area contributed by atoms with Crippen molar-refractivity contribution in [1.82, 2.24) is 9.80 Å². The molecule has 2 amide bonds. The van der Waals surface area contributed by atoms with E-state index in [-0.39, 0.29) is 18.4 Å². The largest absolute Gasteiger partial charge is 0.467 e. The molecule has 0 atom stereocenters. The molecule has 200 valence electrons. The van der Waals surface area contributed by atoms with Crippen molar-refractivity contribution in [2.24, 2.45) is 0 Å². The summed E-state index contributed by atoms with van der Waals surface area (Å²) in [5.41, 5.74) is 1.17. The summed E-state index contributed by atoms with van der Waals surface area (Å²) in [6, 6.07) is 13.8. The van der Waals surface area contributed by atoms with Crippen molar-refractivity contribution in [1.29, 1.82) is 0 Å². The molecule has 0 unspecified atom stereocenters. The fraction of sp³-hybridized carbons (Fsp3) is 0.600. The lowest BCUT2D eigenvalue weighted by molar-refractivity contribution is -0.141. The van der Waals surface area contributed by atoms with Crippen molar-refractivity contribution in [2.45, 2.75) is 84.1 Å². The minimum Gasteiger partial charge on any atom is -0.467 e. The molecule has 0 aliphatic heterocycles. The molecule has 6 heteroatoms. The third-order valence-corrected chi connectivity index (χ3v) is 6.53. The molecule has 2 rings (SSSR count). The number of carbonyl (C=O) groups is 2. The molecule has 1 heterocycles. The minimum atomic E-state index is -0.0705. The number of hydrogen-bond acceptors (Lipinski definition) is 4. The number of benzene rings is 1. The molecule has 0 radical (unpaired) electrons. The Morgan fingerprint density at radius 2 is 1.50 bits per heavy atom. The highest BCUT2D eigenvalue weighted by Gasteiger charge is 2.22. The predicted octanol–water partition coefficient (Wildman–Crippen LogP) is 6.25. The molecule has 36 heavy (non-hydrogen) atoms. The molecule has 1 aromatic heterocycles. The second-order valence-electron chi connectivity index (χ2n) is 9.52. The van der Waals surface area contributed by atoms with Gasteiger partial charge in [-0.2, -0.15) is 0 Å². The van der Waals surface area contributed by atoms with Crippen LogP contribution in [0, 0.1) is 0 Å². The first-order chi connectivity index (χ1) is 17.6. The molecule has 1 aromatic carbocycles. The van der Waals surface area contributed by atoms with Gasteiger partial charge in [0, 0.05) is 26.6 Å². The summed E-state index contributed by atoms with van der Waals surface area (Å²) in [6.45, 7) is 4.10. The summed E-state index contributed by atoms with van der Waals surface area (Å²) in [5, 5.41) is 0. The molecule has 0 saturated heterocycles. The highest BCUT2D eigenvalue weighted by atomic mass is 16.5. The summed E-state index contributed by atoms with van der Waals surface area (Å²) >= 11 is 0. The number of nitrogens with zero attached hydrogens (tertiary/aromatic N) is 2. The smallest absolute Gasteiger partial charge is 0.242 e. The van der Waals surface area contributed by atoms with Crippen molar-refractivity contribution in [3.05, 3.63) is 60.1 Å². The molecule has 6 nitrogen and oxygen atoms in total. The Hall–Kier alpha value is -2.60. The fourth-order valence-electron chi connectivity index (χ4n) is 4.29. The topological polar surface area (TPSA) is 63.0 Å². The van der Waals surface area contributed by atoms with Crippen LogP contribution in [0.2, 0.25) is 0 Å². The summed E-state index contributed by atoms with van der Waals surface area (Å²) in [4.78, 5) is 29.8. The summed E-state index contributed by atoms with van der Waals surface area (Å²) in [5.74, 6) is 0.698. The quantitative estimate of drug-likeness (QED) is 0.203. The van der Waals surface area contributed by atoms with Crippen LogP contribution in [0.5, 0.6) is 0 Å². The lowest BCUT2D eigenvalue weighted by Gasteiger charge is -2.27. The number of methoxy groups -OCH3 is 1. The Kier molecular flexibility index (Phi) is 15.3. The van der Waals surface area contributed by atoms with Gasteiger partial charge in [0.1, 0.15) is 5.76 Å². The van der Waals surface area contributed by atoms with Gasteiger partial charge in [0.25, 0.3) is 0 Å². The van der Waals surface area contributed by atoms with Crippen LogP contribution < -0.4 is 0 Å². The second kappa shape index (κ2) is 18.6. The van der Waals surface area contributed by atoms with Gasteiger partial charge < -0.3 is 19.0 Å². The van der Waals surface area contributed by atoms with Gasteiger partial charge in [0.2, 0.25) is 11.8 Å². The van der Waals surface area contributed by atoms with Crippen LogP contribution in [0.1, 0.15) is 82.5 Å². The van der Waals surface area contributed by atoms with E-state index >= 15 is 0 Å². The van der Waals surface area contributed by atoms with Crippen molar-refractivity contribution >= 4 is 11.8 Å². The van der Waals surface area contributed by atoms with Crippen molar-refractivity contribution in [2.75, 3.05) is 33.4 Å². The highest BCUT2D eigenvalue weighted by molar-refractivity contribution is 5.84. The first-order valence-electron chi connectivity index (χ1n) is 13.7. The van der Waals surface area contributed by atoms with Gasteiger partial charge in [-0.1, -0.05) is 88.6 Å². The van der Waals surface area contributed by atoms with Crippen molar-refractivity contribution in [3.63, 3.8) is 0 Å². The second-order valence-corrected chi connectivity index (χ2v) is 9.52. The molecule has 0 aliphatic carbocycles. The average Bonchev–Trinajstić information content (AvgIpc) is 3.41. The third-order valence-electron chi connectivity index (χ3n) is 6.53. The van der Waals surface area contributed by atoms with E-state index in [0.29, 0.717) is 32.7 Å². The van der Waals surface area contributed by atoms with Crippen LogP contribution in [0.15, 0.2) is 53.1 Å². The van der Waals surface area contributed by atoms with Gasteiger partial charge in [-0.15, -0.1) is 0 Å². The standard InChI is InChI=1S/C30H46N2O4/c1-3-4-5-6-7-8-9-10-14-19-29(33)32(22-24-35-2)26-30(34)31(25-28-18-15-23-36-28)21-20-27-16-12-11-13-17-27/h11-13,15-18,23H,3-10,14,19-22,24-26H2,1-2H3. The molecule has 0 fully saturated rings. The Morgan fingerprint density at radius 3 is 2.14 bits per heavy atom. The number of hydrogen-bond donors (Lipinski definition) is 0. The van der Waals surface area contributed by atoms with Crippen LogP contribution >= 0.6 is 0 Å². The monoisotopic (exact) mass is 498 g/mol. The summed E-state index contributed by atoms with van der Waals surface area (Å²) in [7, 11) is 1.62. The van der Waals surface area contributed by atoms with Gasteiger partial charge in [0.05, 0.1) is 26.0 Å². The maximum Gasteiger partial charge on any atom is 0.242 e. The van der Waals surface area contributed by atoms with Crippen LogP contribution in [-0.2, 0) is 27.3 Å². The number of rotatable bonds is 20. The molecule has 0 aliphatic rings. The van der Waals surface area contributed by atoms with E-state index in [1.807, 2.05) is 30.3 Å². The molecule has 0 spiro atoms. The van der Waals surface area contributed by atoms with E-state index in [1.165, 1.54) is 50.5 Å². The normalized spacial score (nSPS) is 10.9. The molecule has 2 aromatic rings. The fourth-order valence-corrected chi connectivity index (χ4v) is 4.29. The molecular formula is C30H46N2O4. The third kappa shape index (κ3) is 12.4. The zero-order valence-electron chi connectivity index (χ0n) is 22.5. The Balaban J connectivity index is 1.85. The first kappa shape index (κ1) is 29.6. The Bertz CT molecular complexity index is 823. The van der Waals surface area contributed by atoms with Crippen molar-refractivity contribution < 1.29 is 18.7 Å². The zero-order valence-corrected chi connectivity index (χ0v) is 22.5. The molecule has 0 N–H and O–H groups in total. The zero-order chi connectivity index (χ0) is 25.8. The van der Waals surface area contributed by atoms with E-state index in [0.717, 1.165) is 25.0 Å². The number of furan rings is 1. The Morgan fingerprint density at radius 1 is 0.806 bits per heavy atom. The maximum absolute atomic E-state index is 13.3. The van der Waals surface area contributed by atoms with E-state index in [1.54, 1.807) is 23.2 Å². The van der Waals surface area contributed by atoms with Crippen LogP contribution in [0.3, 0.4) is 0 Å². The summed E-state index contributed by atoms with van der Waals surface area (Å²) in [6.07, 6.45) is 13.7. The molecule has 0 saturated carbocycles. The number of carbonyl (C=O) groups excluding carboxylic acids is 2. The van der Waals surface area contributed by atoms with Gasteiger partial charge in [-0.25, -0.2) is 0 Å². The summed E-state index contributed by atoms with van der Waals surface area (Å²) < 4.78 is 10.7.